The Balaban J connectivity index is 1.67. The van der Waals surface area contributed by atoms with Crippen LogP contribution in [0.2, 0.25) is 0 Å². The van der Waals surface area contributed by atoms with Gasteiger partial charge in [0.05, 0.1) is 6.10 Å². The Morgan fingerprint density at radius 2 is 1.72 bits per heavy atom. The zero-order valence-corrected chi connectivity index (χ0v) is 14.5. The van der Waals surface area contributed by atoms with E-state index in [0.29, 0.717) is 30.7 Å². The number of hydrogen-bond donors (Lipinski definition) is 3. The van der Waals surface area contributed by atoms with E-state index in [0.717, 1.165) is 11.3 Å². The molecule has 3 N–H and O–H groups in total. The second-order valence-electron chi connectivity index (χ2n) is 5.92. The molecule has 0 saturated heterocycles. The topological polar surface area (TPSA) is 91.6 Å². The molecule has 0 spiro atoms. The highest BCUT2D eigenvalue weighted by Gasteiger charge is 2.16. The molecular formula is C19H24N2O4. The smallest absolute Gasteiger partial charge is 0.309 e. The molecule has 2 amide bonds. The van der Waals surface area contributed by atoms with Gasteiger partial charge in [0, 0.05) is 18.7 Å². The van der Waals surface area contributed by atoms with Crippen LogP contribution < -0.4 is 10.6 Å². The van der Waals surface area contributed by atoms with Crippen molar-refractivity contribution in [3.63, 3.8) is 0 Å². The second-order valence-corrected chi connectivity index (χ2v) is 5.92. The summed E-state index contributed by atoms with van der Waals surface area (Å²) < 4.78 is 5.37. The Hall–Kier alpha value is -2.60. The first-order chi connectivity index (χ1) is 12.0. The molecule has 0 bridgehead atoms. The first-order valence-electron chi connectivity index (χ1n) is 8.32. The van der Waals surface area contributed by atoms with Gasteiger partial charge in [-0.05, 0) is 38.3 Å². The van der Waals surface area contributed by atoms with Crippen molar-refractivity contribution in [2.45, 2.75) is 32.8 Å². The maximum atomic E-state index is 11.8. The van der Waals surface area contributed by atoms with Gasteiger partial charge in [0.2, 0.25) is 0 Å². The molecule has 1 aromatic carbocycles. The summed E-state index contributed by atoms with van der Waals surface area (Å²) in [7, 11) is 0. The van der Waals surface area contributed by atoms with E-state index in [1.165, 1.54) is 0 Å². The molecule has 0 radical (unpaired) electrons. The number of carbonyl (C=O) groups excluding carboxylic acids is 2. The highest BCUT2D eigenvalue weighted by Crippen LogP contribution is 2.23. The normalized spacial score (nSPS) is 11.8. The molecule has 2 rings (SSSR count). The van der Waals surface area contributed by atoms with Crippen molar-refractivity contribution in [2.75, 3.05) is 13.1 Å². The third-order valence-corrected chi connectivity index (χ3v) is 3.89. The first kappa shape index (κ1) is 18.7. The fourth-order valence-electron chi connectivity index (χ4n) is 2.58. The molecule has 0 aliphatic heterocycles. The van der Waals surface area contributed by atoms with Crippen LogP contribution >= 0.6 is 0 Å². The number of benzene rings is 1. The minimum atomic E-state index is -0.737. The Kier molecular flexibility index (Phi) is 6.77. The molecule has 1 heterocycles. The van der Waals surface area contributed by atoms with Gasteiger partial charge >= 0.3 is 11.8 Å². The quantitative estimate of drug-likeness (QED) is 0.668. The summed E-state index contributed by atoms with van der Waals surface area (Å²) >= 11 is 0. The monoisotopic (exact) mass is 344 g/mol. The number of furan rings is 1. The highest BCUT2D eigenvalue weighted by molar-refractivity contribution is 6.35. The van der Waals surface area contributed by atoms with Crippen molar-refractivity contribution in [2.24, 2.45) is 0 Å². The predicted octanol–water partition coefficient (Wildman–Crippen LogP) is 1.80. The van der Waals surface area contributed by atoms with Crippen molar-refractivity contribution in [1.82, 2.24) is 10.6 Å². The Labute approximate surface area is 147 Å². The summed E-state index contributed by atoms with van der Waals surface area (Å²) in [5.74, 6) is 0.0319. The fraction of sp³-hybridized carbons (Fsp3) is 0.368. The van der Waals surface area contributed by atoms with E-state index < -0.39 is 17.9 Å². The van der Waals surface area contributed by atoms with Gasteiger partial charge in [-0.2, -0.15) is 0 Å². The van der Waals surface area contributed by atoms with Gasteiger partial charge in [-0.25, -0.2) is 0 Å². The Morgan fingerprint density at radius 1 is 1.08 bits per heavy atom. The lowest BCUT2D eigenvalue weighted by atomic mass is 10.1. The second kappa shape index (κ2) is 9.03. The Morgan fingerprint density at radius 3 is 2.32 bits per heavy atom. The van der Waals surface area contributed by atoms with Crippen molar-refractivity contribution in [3.8, 4) is 0 Å². The van der Waals surface area contributed by atoms with Crippen LogP contribution in [0.15, 0.2) is 40.8 Å². The fourth-order valence-corrected chi connectivity index (χ4v) is 2.58. The lowest BCUT2D eigenvalue weighted by molar-refractivity contribution is -0.139. The van der Waals surface area contributed by atoms with Crippen LogP contribution in [0.1, 0.15) is 35.2 Å². The number of carbonyl (C=O) groups is 2. The van der Waals surface area contributed by atoms with Gasteiger partial charge in [-0.15, -0.1) is 0 Å². The van der Waals surface area contributed by atoms with Crippen LogP contribution in [0.4, 0.5) is 0 Å². The molecular weight excluding hydrogens is 320 g/mol. The molecule has 0 aliphatic carbocycles. The molecule has 134 valence electrons. The zero-order valence-electron chi connectivity index (χ0n) is 14.5. The molecule has 1 unspecified atom stereocenters. The van der Waals surface area contributed by atoms with Crippen LogP contribution in [0.3, 0.4) is 0 Å². The van der Waals surface area contributed by atoms with E-state index in [9.17, 15) is 14.7 Å². The third kappa shape index (κ3) is 5.76. The number of amides is 2. The SMILES string of the molecule is Cc1cc(C(O)CCNC(=O)C(=O)NCCc2ccccc2)c(C)o1. The van der Waals surface area contributed by atoms with Gasteiger partial charge in [0.25, 0.3) is 0 Å². The summed E-state index contributed by atoms with van der Waals surface area (Å²) in [5.41, 5.74) is 1.80. The first-order valence-corrected chi connectivity index (χ1v) is 8.32. The molecule has 0 fully saturated rings. The number of rotatable bonds is 7. The van der Waals surface area contributed by atoms with Crippen molar-refractivity contribution < 1.29 is 19.1 Å². The predicted molar refractivity (Wildman–Crippen MR) is 93.9 cm³/mol. The van der Waals surface area contributed by atoms with E-state index in [1.54, 1.807) is 13.0 Å². The number of nitrogens with one attached hydrogen (secondary N) is 2. The van der Waals surface area contributed by atoms with Crippen LogP contribution in [-0.2, 0) is 16.0 Å². The largest absolute Gasteiger partial charge is 0.466 e. The molecule has 6 nitrogen and oxygen atoms in total. The minimum absolute atomic E-state index is 0.204. The average molecular weight is 344 g/mol. The zero-order chi connectivity index (χ0) is 18.2. The molecule has 0 saturated carbocycles. The van der Waals surface area contributed by atoms with Crippen molar-refractivity contribution in [1.29, 1.82) is 0 Å². The maximum Gasteiger partial charge on any atom is 0.309 e. The molecule has 1 aromatic heterocycles. The summed E-state index contributed by atoms with van der Waals surface area (Å²) in [4.78, 5) is 23.5. The molecule has 2 aromatic rings. The standard InChI is InChI=1S/C19H24N2O4/c1-13-12-16(14(2)25-13)17(22)9-11-21-19(24)18(23)20-10-8-15-6-4-3-5-7-15/h3-7,12,17,22H,8-11H2,1-2H3,(H,20,23)(H,21,24). The van der Waals surface area contributed by atoms with Crippen LogP contribution in [0.5, 0.6) is 0 Å². The molecule has 0 aliphatic rings. The summed E-state index contributed by atoms with van der Waals surface area (Å²) in [5, 5.41) is 15.2. The van der Waals surface area contributed by atoms with E-state index in [-0.39, 0.29) is 6.54 Å². The molecule has 1 atom stereocenters. The van der Waals surface area contributed by atoms with E-state index in [4.69, 9.17) is 4.42 Å². The van der Waals surface area contributed by atoms with E-state index in [2.05, 4.69) is 10.6 Å². The van der Waals surface area contributed by atoms with Gasteiger partial charge in [-0.1, -0.05) is 30.3 Å². The third-order valence-electron chi connectivity index (χ3n) is 3.89. The highest BCUT2D eigenvalue weighted by atomic mass is 16.3. The van der Waals surface area contributed by atoms with Crippen LogP contribution in [-0.4, -0.2) is 30.0 Å². The lowest BCUT2D eigenvalue weighted by Crippen LogP contribution is -2.41. The van der Waals surface area contributed by atoms with Gasteiger partial charge in [-0.3, -0.25) is 9.59 Å². The summed E-state index contributed by atoms with van der Waals surface area (Å²) in [6, 6.07) is 11.5. The number of aliphatic hydroxyl groups excluding tert-OH is 1. The van der Waals surface area contributed by atoms with Crippen LogP contribution in [0.25, 0.3) is 0 Å². The van der Waals surface area contributed by atoms with Gasteiger partial charge < -0.3 is 20.2 Å². The number of hydrogen-bond acceptors (Lipinski definition) is 4. The van der Waals surface area contributed by atoms with Gasteiger partial charge in [0.15, 0.2) is 0 Å². The molecule has 25 heavy (non-hydrogen) atoms. The van der Waals surface area contributed by atoms with Crippen molar-refractivity contribution in [3.05, 3.63) is 59.0 Å². The van der Waals surface area contributed by atoms with Crippen LogP contribution in [0, 0.1) is 13.8 Å². The van der Waals surface area contributed by atoms with E-state index >= 15 is 0 Å². The average Bonchev–Trinajstić information content (AvgIpc) is 2.94. The maximum absolute atomic E-state index is 11.8. The molecule has 6 heteroatoms. The summed E-state index contributed by atoms with van der Waals surface area (Å²) in [6.07, 6.45) is 0.236. The van der Waals surface area contributed by atoms with Gasteiger partial charge in [0.1, 0.15) is 11.5 Å². The Bertz CT molecular complexity index is 709. The van der Waals surface area contributed by atoms with E-state index in [1.807, 2.05) is 37.3 Å². The number of aliphatic hydroxyl groups is 1. The minimum Gasteiger partial charge on any atom is -0.466 e. The summed E-state index contributed by atoms with van der Waals surface area (Å²) in [6.45, 7) is 4.19. The van der Waals surface area contributed by atoms with Crippen molar-refractivity contribution >= 4 is 11.8 Å². The lowest BCUT2D eigenvalue weighted by Gasteiger charge is -2.10. The number of aryl methyl sites for hydroxylation is 2.